The maximum absolute atomic E-state index is 7.59. The summed E-state index contributed by atoms with van der Waals surface area (Å²) in [5.41, 5.74) is 7.17. The summed E-state index contributed by atoms with van der Waals surface area (Å²) in [6.07, 6.45) is 0.946. The van der Waals surface area contributed by atoms with Gasteiger partial charge in [0.2, 0.25) is 0 Å². The summed E-state index contributed by atoms with van der Waals surface area (Å²) < 4.78 is 11.5. The Morgan fingerprint density at radius 1 is 1.00 bits per heavy atom. The van der Waals surface area contributed by atoms with Crippen molar-refractivity contribution in [2.24, 2.45) is 5.73 Å². The highest BCUT2D eigenvalue weighted by Crippen LogP contribution is 2.27. The van der Waals surface area contributed by atoms with Crippen LogP contribution in [0.4, 0.5) is 0 Å². The monoisotopic (exact) mass is 284 g/mol. The molecule has 0 bridgehead atoms. The number of benzene rings is 2. The van der Waals surface area contributed by atoms with Gasteiger partial charge in [-0.3, -0.25) is 5.41 Å². The molecule has 0 saturated heterocycles. The minimum Gasteiger partial charge on any atom is -0.490 e. The van der Waals surface area contributed by atoms with Gasteiger partial charge in [0.25, 0.3) is 0 Å². The van der Waals surface area contributed by atoms with E-state index in [9.17, 15) is 0 Å². The number of nitrogens with two attached hydrogens (primary N) is 1. The zero-order valence-corrected chi connectivity index (χ0v) is 12.1. The minimum absolute atomic E-state index is 0.0460. The number of ether oxygens (including phenoxy) is 2. The molecule has 0 fully saturated rings. The Morgan fingerprint density at radius 3 is 2.29 bits per heavy atom. The van der Waals surface area contributed by atoms with E-state index in [0.717, 1.165) is 17.7 Å². The fourth-order valence-electron chi connectivity index (χ4n) is 1.97. The molecule has 3 N–H and O–H groups in total. The molecule has 0 aliphatic rings. The van der Waals surface area contributed by atoms with Crippen molar-refractivity contribution in [1.82, 2.24) is 0 Å². The van der Waals surface area contributed by atoms with Crippen LogP contribution in [0.5, 0.6) is 11.5 Å². The van der Waals surface area contributed by atoms with Crippen LogP contribution in [-0.2, 0) is 6.61 Å². The summed E-state index contributed by atoms with van der Waals surface area (Å²) in [5.74, 6) is 1.48. The van der Waals surface area contributed by atoms with Gasteiger partial charge in [0, 0.05) is 11.1 Å². The fourth-order valence-corrected chi connectivity index (χ4v) is 1.97. The summed E-state index contributed by atoms with van der Waals surface area (Å²) in [6.45, 7) is 3.07. The van der Waals surface area contributed by atoms with Crippen molar-refractivity contribution in [3.8, 4) is 11.5 Å². The topological polar surface area (TPSA) is 68.3 Å². The third kappa shape index (κ3) is 3.99. The molecule has 110 valence electrons. The minimum atomic E-state index is 0.0460. The zero-order chi connectivity index (χ0) is 15.1. The summed E-state index contributed by atoms with van der Waals surface area (Å²) >= 11 is 0. The third-order valence-corrected chi connectivity index (χ3v) is 3.00. The molecule has 0 aliphatic carbocycles. The second-order valence-electron chi connectivity index (χ2n) is 4.65. The van der Waals surface area contributed by atoms with Gasteiger partial charge in [-0.25, -0.2) is 0 Å². The maximum Gasteiger partial charge on any atom is 0.161 e. The van der Waals surface area contributed by atoms with Gasteiger partial charge in [-0.1, -0.05) is 43.3 Å². The number of nitrogens with one attached hydrogen (secondary N) is 1. The van der Waals surface area contributed by atoms with Crippen LogP contribution in [0.1, 0.15) is 24.5 Å². The molecular formula is C17H20N2O2. The van der Waals surface area contributed by atoms with Crippen LogP contribution in [-0.4, -0.2) is 12.4 Å². The van der Waals surface area contributed by atoms with E-state index in [4.69, 9.17) is 20.6 Å². The smallest absolute Gasteiger partial charge is 0.161 e. The second-order valence-corrected chi connectivity index (χ2v) is 4.65. The lowest BCUT2D eigenvalue weighted by atomic mass is 10.1. The highest BCUT2D eigenvalue weighted by Gasteiger charge is 2.08. The molecule has 0 unspecified atom stereocenters. The van der Waals surface area contributed by atoms with E-state index < -0.39 is 0 Å². The SMILES string of the molecule is CCCOc1ccccc1OCc1ccccc1C(=N)N. The van der Waals surface area contributed by atoms with E-state index in [-0.39, 0.29) is 5.84 Å². The normalized spacial score (nSPS) is 10.1. The Balaban J connectivity index is 2.12. The van der Waals surface area contributed by atoms with Gasteiger partial charge in [0.05, 0.1) is 6.61 Å². The van der Waals surface area contributed by atoms with Gasteiger partial charge >= 0.3 is 0 Å². The van der Waals surface area contributed by atoms with Crippen LogP contribution in [0.3, 0.4) is 0 Å². The molecule has 0 amide bonds. The molecule has 21 heavy (non-hydrogen) atoms. The molecule has 0 aliphatic heterocycles. The van der Waals surface area contributed by atoms with Crippen molar-refractivity contribution in [3.63, 3.8) is 0 Å². The Kier molecular flexibility index (Phi) is 5.21. The summed E-state index contributed by atoms with van der Waals surface area (Å²) in [7, 11) is 0. The predicted molar refractivity (Wildman–Crippen MR) is 84.0 cm³/mol. The average Bonchev–Trinajstić information content (AvgIpc) is 2.52. The Labute approximate surface area is 125 Å². The van der Waals surface area contributed by atoms with E-state index in [0.29, 0.717) is 24.5 Å². The lowest BCUT2D eigenvalue weighted by Gasteiger charge is -2.13. The van der Waals surface area contributed by atoms with E-state index in [1.165, 1.54) is 0 Å². The first kappa shape index (κ1) is 14.9. The lowest BCUT2D eigenvalue weighted by molar-refractivity contribution is 0.262. The second kappa shape index (κ2) is 7.33. The van der Waals surface area contributed by atoms with Gasteiger partial charge in [-0.2, -0.15) is 0 Å². The molecule has 0 aromatic heterocycles. The van der Waals surface area contributed by atoms with Gasteiger partial charge in [-0.15, -0.1) is 0 Å². The van der Waals surface area contributed by atoms with E-state index in [2.05, 4.69) is 6.92 Å². The van der Waals surface area contributed by atoms with Crippen LogP contribution >= 0.6 is 0 Å². The summed E-state index contributed by atoms with van der Waals surface area (Å²) in [5, 5.41) is 7.59. The molecule has 0 atom stereocenters. The van der Waals surface area contributed by atoms with Crippen molar-refractivity contribution in [1.29, 1.82) is 5.41 Å². The fraction of sp³-hybridized carbons (Fsp3) is 0.235. The number of amidine groups is 1. The first-order chi connectivity index (χ1) is 10.2. The first-order valence-electron chi connectivity index (χ1n) is 6.99. The zero-order valence-electron chi connectivity index (χ0n) is 12.1. The third-order valence-electron chi connectivity index (χ3n) is 3.00. The molecule has 0 saturated carbocycles. The Hall–Kier alpha value is -2.49. The van der Waals surface area contributed by atoms with Crippen molar-refractivity contribution >= 4 is 5.84 Å². The lowest BCUT2D eigenvalue weighted by Crippen LogP contribution is -2.14. The van der Waals surface area contributed by atoms with Crippen LogP contribution in [0, 0.1) is 5.41 Å². The van der Waals surface area contributed by atoms with Crippen LogP contribution in [0.15, 0.2) is 48.5 Å². The summed E-state index contributed by atoms with van der Waals surface area (Å²) in [6, 6.07) is 15.1. The number of hydrogen-bond acceptors (Lipinski definition) is 3. The van der Waals surface area contributed by atoms with Crippen LogP contribution < -0.4 is 15.2 Å². The van der Waals surface area contributed by atoms with Gasteiger partial charge < -0.3 is 15.2 Å². The number of para-hydroxylation sites is 2. The molecule has 2 aromatic rings. The highest BCUT2D eigenvalue weighted by atomic mass is 16.5. The molecular weight excluding hydrogens is 264 g/mol. The maximum atomic E-state index is 7.59. The van der Waals surface area contributed by atoms with Crippen LogP contribution in [0.25, 0.3) is 0 Å². The Bertz CT molecular complexity index is 611. The molecule has 0 radical (unpaired) electrons. The summed E-state index contributed by atoms with van der Waals surface area (Å²) in [4.78, 5) is 0. The van der Waals surface area contributed by atoms with E-state index in [1.54, 1.807) is 0 Å². The van der Waals surface area contributed by atoms with Crippen LogP contribution in [0.2, 0.25) is 0 Å². The Morgan fingerprint density at radius 2 is 1.62 bits per heavy atom. The van der Waals surface area contributed by atoms with Gasteiger partial charge in [-0.05, 0) is 18.6 Å². The molecule has 2 aromatic carbocycles. The number of nitrogen functional groups attached to an aromatic ring is 1. The number of hydrogen-bond donors (Lipinski definition) is 2. The highest BCUT2D eigenvalue weighted by molar-refractivity contribution is 5.96. The largest absolute Gasteiger partial charge is 0.490 e. The predicted octanol–water partition coefficient (Wildman–Crippen LogP) is 3.34. The molecule has 0 heterocycles. The first-order valence-corrected chi connectivity index (χ1v) is 6.99. The van der Waals surface area contributed by atoms with Crippen molar-refractivity contribution in [3.05, 3.63) is 59.7 Å². The van der Waals surface area contributed by atoms with Gasteiger partial charge in [0.15, 0.2) is 11.5 Å². The molecule has 2 rings (SSSR count). The van der Waals surface area contributed by atoms with Crippen molar-refractivity contribution < 1.29 is 9.47 Å². The van der Waals surface area contributed by atoms with E-state index >= 15 is 0 Å². The van der Waals surface area contributed by atoms with Crippen molar-refractivity contribution in [2.75, 3.05) is 6.61 Å². The number of rotatable bonds is 7. The van der Waals surface area contributed by atoms with Gasteiger partial charge in [0.1, 0.15) is 12.4 Å². The molecule has 0 spiro atoms. The average molecular weight is 284 g/mol. The molecule has 4 heteroatoms. The standard InChI is InChI=1S/C17H20N2O2/c1-2-11-20-15-9-5-6-10-16(15)21-12-13-7-3-4-8-14(13)17(18)19/h3-10H,2,11-12H2,1H3,(H3,18,19). The van der Waals surface area contributed by atoms with Crippen molar-refractivity contribution in [2.45, 2.75) is 20.0 Å². The molecule has 4 nitrogen and oxygen atoms in total. The quantitative estimate of drug-likeness (QED) is 0.605. The van der Waals surface area contributed by atoms with E-state index in [1.807, 2.05) is 48.5 Å².